The maximum atomic E-state index is 12.8. The highest BCUT2D eigenvalue weighted by Gasteiger charge is 2.18. The topological polar surface area (TPSA) is 96.6 Å². The fourth-order valence-electron chi connectivity index (χ4n) is 3.43. The number of aromatic nitrogens is 1. The molecule has 4 aromatic rings. The summed E-state index contributed by atoms with van der Waals surface area (Å²) in [5, 5.41) is 16.1. The van der Waals surface area contributed by atoms with Gasteiger partial charge in [-0.3, -0.25) is 10.1 Å². The van der Waals surface area contributed by atoms with E-state index in [1.165, 1.54) is 13.2 Å². The number of fused-ring (bicyclic) bond motifs is 1. The molecule has 0 aliphatic rings. The van der Waals surface area contributed by atoms with Crippen molar-refractivity contribution < 1.29 is 19.1 Å². The molecule has 0 atom stereocenters. The molecule has 0 saturated carbocycles. The lowest BCUT2D eigenvalue weighted by Crippen LogP contribution is -2.34. The minimum Gasteiger partial charge on any atom is -0.507 e. The number of aromatic hydroxyl groups is 1. The van der Waals surface area contributed by atoms with Crippen LogP contribution in [0.25, 0.3) is 22.6 Å². The van der Waals surface area contributed by atoms with Gasteiger partial charge in [0.25, 0.3) is 5.91 Å². The number of methoxy groups -OCH3 is 1. The number of carbonyl (C=O) groups excluding carboxylic acids is 1. The number of ether oxygens (including phenoxy) is 1. The molecule has 0 fully saturated rings. The summed E-state index contributed by atoms with van der Waals surface area (Å²) < 4.78 is 11.9. The van der Waals surface area contributed by atoms with Crippen molar-refractivity contribution in [1.82, 2.24) is 10.3 Å². The van der Waals surface area contributed by atoms with Gasteiger partial charge in [0.2, 0.25) is 5.89 Å². The maximum absolute atomic E-state index is 12.8. The second kappa shape index (κ2) is 9.21. The third kappa shape index (κ3) is 4.84. The van der Waals surface area contributed by atoms with E-state index < -0.39 is 5.91 Å². The van der Waals surface area contributed by atoms with Gasteiger partial charge in [-0.1, -0.05) is 22.0 Å². The quantitative estimate of drug-likeness (QED) is 0.231. The Morgan fingerprint density at radius 2 is 1.94 bits per heavy atom. The van der Waals surface area contributed by atoms with Gasteiger partial charge in [0.05, 0.1) is 18.2 Å². The molecule has 3 aromatic carbocycles. The van der Waals surface area contributed by atoms with Crippen LogP contribution in [0.2, 0.25) is 0 Å². The summed E-state index contributed by atoms with van der Waals surface area (Å²) in [6.07, 6.45) is 0. The first-order chi connectivity index (χ1) is 15.7. The Bertz CT molecular complexity index is 1400. The minimum absolute atomic E-state index is 0.00753. The van der Waals surface area contributed by atoms with E-state index in [-0.39, 0.29) is 16.8 Å². The van der Waals surface area contributed by atoms with Gasteiger partial charge in [-0.2, -0.15) is 0 Å². The molecule has 3 N–H and O–H groups in total. The Hall–Kier alpha value is -3.43. The zero-order valence-corrected chi connectivity index (χ0v) is 20.4. The van der Waals surface area contributed by atoms with Gasteiger partial charge in [-0.05, 0) is 79.7 Å². The lowest BCUT2D eigenvalue weighted by molar-refractivity contribution is 0.0974. The molecule has 0 radical (unpaired) electrons. The number of rotatable bonds is 4. The van der Waals surface area contributed by atoms with Crippen molar-refractivity contribution in [2.24, 2.45) is 0 Å². The minimum atomic E-state index is -0.415. The highest BCUT2D eigenvalue weighted by atomic mass is 79.9. The van der Waals surface area contributed by atoms with Crippen molar-refractivity contribution in [2.75, 3.05) is 12.4 Å². The molecule has 0 spiro atoms. The smallest absolute Gasteiger partial charge is 0.261 e. The summed E-state index contributed by atoms with van der Waals surface area (Å²) in [5.41, 5.74) is 4.46. The third-order valence-corrected chi connectivity index (χ3v) is 5.61. The van der Waals surface area contributed by atoms with Crippen LogP contribution in [0, 0.1) is 13.8 Å². The molecule has 0 saturated heterocycles. The number of nitrogens with zero attached hydrogens (tertiary/aromatic N) is 1. The van der Waals surface area contributed by atoms with Gasteiger partial charge in [-0.25, -0.2) is 4.98 Å². The molecule has 0 aliphatic carbocycles. The summed E-state index contributed by atoms with van der Waals surface area (Å²) in [7, 11) is 1.51. The van der Waals surface area contributed by atoms with E-state index in [4.69, 9.17) is 21.4 Å². The van der Waals surface area contributed by atoms with Gasteiger partial charge in [0.15, 0.2) is 10.7 Å². The number of nitrogens with one attached hydrogen (secondary N) is 2. The average molecular weight is 526 g/mol. The van der Waals surface area contributed by atoms with Crippen molar-refractivity contribution in [3.63, 3.8) is 0 Å². The van der Waals surface area contributed by atoms with Crippen molar-refractivity contribution in [3.8, 4) is 23.0 Å². The molecular formula is C24H20BrN3O4S. The Balaban J connectivity index is 1.55. The van der Waals surface area contributed by atoms with Crippen molar-refractivity contribution >= 4 is 56.0 Å². The van der Waals surface area contributed by atoms with Crippen molar-refractivity contribution in [2.45, 2.75) is 13.8 Å². The fourth-order valence-corrected chi connectivity index (χ4v) is 4.22. The average Bonchev–Trinajstić information content (AvgIpc) is 3.17. The number of phenolic OH excluding ortho intramolecular Hbond substituents is 1. The van der Waals surface area contributed by atoms with Gasteiger partial charge >= 0.3 is 0 Å². The highest BCUT2D eigenvalue weighted by molar-refractivity contribution is 9.10. The molecule has 0 unspecified atom stereocenters. The zero-order chi connectivity index (χ0) is 23.7. The Morgan fingerprint density at radius 3 is 2.70 bits per heavy atom. The number of oxazole rings is 1. The number of benzene rings is 3. The monoisotopic (exact) mass is 525 g/mol. The van der Waals surface area contributed by atoms with E-state index in [0.29, 0.717) is 33.7 Å². The standard InChI is InChI=1S/C24H20BrN3O4S/c1-12-4-6-18-20(8-12)32-23(27-18)16-11-15(5-7-19(16)29)26-24(33)28-22(30)17-10-14(25)9-13(2)21(17)31-3/h4-11,29H,1-3H3,(H2,26,28,30,33). The van der Waals surface area contributed by atoms with Crippen LogP contribution in [0.4, 0.5) is 5.69 Å². The summed E-state index contributed by atoms with van der Waals surface area (Å²) in [6, 6.07) is 14.0. The lowest BCUT2D eigenvalue weighted by Gasteiger charge is -2.14. The van der Waals surface area contributed by atoms with Crippen molar-refractivity contribution in [3.05, 3.63) is 69.7 Å². The molecule has 4 rings (SSSR count). The Kier molecular flexibility index (Phi) is 6.35. The summed E-state index contributed by atoms with van der Waals surface area (Å²) in [6.45, 7) is 3.81. The molecule has 1 amide bonds. The second-order valence-corrected chi connectivity index (χ2v) is 8.76. The first-order valence-electron chi connectivity index (χ1n) is 9.92. The van der Waals surface area contributed by atoms with Crippen LogP contribution >= 0.6 is 28.1 Å². The summed E-state index contributed by atoms with van der Waals surface area (Å²) >= 11 is 8.72. The number of hydrogen-bond acceptors (Lipinski definition) is 6. The lowest BCUT2D eigenvalue weighted by atomic mass is 10.1. The van der Waals surface area contributed by atoms with E-state index in [1.54, 1.807) is 18.2 Å². The first-order valence-corrected chi connectivity index (χ1v) is 11.1. The third-order valence-electron chi connectivity index (χ3n) is 4.94. The van der Waals surface area contributed by atoms with E-state index in [2.05, 4.69) is 31.5 Å². The molecule has 33 heavy (non-hydrogen) atoms. The largest absolute Gasteiger partial charge is 0.507 e. The predicted molar refractivity (Wildman–Crippen MR) is 135 cm³/mol. The number of thiocarbonyl (C=S) groups is 1. The van der Waals surface area contributed by atoms with Crippen LogP contribution in [-0.4, -0.2) is 28.2 Å². The van der Waals surface area contributed by atoms with E-state index in [1.807, 2.05) is 38.1 Å². The number of carbonyl (C=O) groups is 1. The van der Waals surface area contributed by atoms with E-state index in [9.17, 15) is 9.90 Å². The molecule has 168 valence electrons. The molecule has 9 heteroatoms. The molecule has 7 nitrogen and oxygen atoms in total. The normalized spacial score (nSPS) is 10.8. The molecule has 1 aromatic heterocycles. The zero-order valence-electron chi connectivity index (χ0n) is 18.0. The highest BCUT2D eigenvalue weighted by Crippen LogP contribution is 2.33. The molecule has 0 aliphatic heterocycles. The Morgan fingerprint density at radius 1 is 1.15 bits per heavy atom. The van der Waals surface area contributed by atoms with Crippen LogP contribution in [-0.2, 0) is 0 Å². The van der Waals surface area contributed by atoms with E-state index in [0.717, 1.165) is 15.6 Å². The number of aryl methyl sites for hydroxylation is 2. The van der Waals surface area contributed by atoms with Crippen LogP contribution in [0.15, 0.2) is 57.4 Å². The number of halogens is 1. The summed E-state index contributed by atoms with van der Waals surface area (Å²) in [4.78, 5) is 17.2. The number of anilines is 1. The first kappa shape index (κ1) is 22.8. The van der Waals surface area contributed by atoms with Gasteiger partial charge in [0, 0.05) is 10.2 Å². The van der Waals surface area contributed by atoms with Gasteiger partial charge in [0.1, 0.15) is 17.0 Å². The van der Waals surface area contributed by atoms with Gasteiger partial charge in [-0.15, -0.1) is 0 Å². The number of amides is 1. The van der Waals surface area contributed by atoms with Crippen LogP contribution < -0.4 is 15.4 Å². The second-order valence-electron chi connectivity index (χ2n) is 7.43. The van der Waals surface area contributed by atoms with E-state index >= 15 is 0 Å². The van der Waals surface area contributed by atoms with Crippen LogP contribution in [0.1, 0.15) is 21.5 Å². The molecule has 0 bridgehead atoms. The number of hydrogen-bond donors (Lipinski definition) is 3. The van der Waals surface area contributed by atoms with Gasteiger partial charge < -0.3 is 19.6 Å². The Labute approximate surface area is 203 Å². The number of phenols is 1. The van der Waals surface area contributed by atoms with Crippen LogP contribution in [0.5, 0.6) is 11.5 Å². The summed E-state index contributed by atoms with van der Waals surface area (Å²) in [5.74, 6) is 0.341. The van der Waals surface area contributed by atoms with Crippen LogP contribution in [0.3, 0.4) is 0 Å². The molecule has 1 heterocycles. The predicted octanol–water partition coefficient (Wildman–Crippen LogP) is 5.72. The SMILES string of the molecule is COc1c(C)cc(Br)cc1C(=O)NC(=S)Nc1ccc(O)c(-c2nc3ccc(C)cc3o2)c1. The molecular weight excluding hydrogens is 506 g/mol. The maximum Gasteiger partial charge on any atom is 0.261 e. The fraction of sp³-hybridized carbons (Fsp3) is 0.125. The van der Waals surface area contributed by atoms with Crippen molar-refractivity contribution in [1.29, 1.82) is 0 Å².